The zero-order valence-electron chi connectivity index (χ0n) is 11.8. The van der Waals surface area contributed by atoms with Gasteiger partial charge in [-0.3, -0.25) is 4.79 Å². The lowest BCUT2D eigenvalue weighted by atomic mass is 9.57. The predicted octanol–water partition coefficient (Wildman–Crippen LogP) is 1.42. The highest BCUT2D eigenvalue weighted by Crippen LogP contribution is 2.52. The summed E-state index contributed by atoms with van der Waals surface area (Å²) in [5.41, 5.74) is 5.94. The highest BCUT2D eigenvalue weighted by molar-refractivity contribution is 7.98. The highest BCUT2D eigenvalue weighted by Gasteiger charge is 2.59. The van der Waals surface area contributed by atoms with Crippen molar-refractivity contribution in [3.05, 3.63) is 0 Å². The third-order valence-corrected chi connectivity index (χ3v) is 5.01. The zero-order valence-corrected chi connectivity index (χ0v) is 13.5. The lowest BCUT2D eigenvalue weighted by Crippen LogP contribution is -2.68. The molecule has 2 rings (SSSR count). The van der Waals surface area contributed by atoms with Crippen LogP contribution >= 0.6 is 24.2 Å². The number of ether oxygens (including phenoxy) is 1. The predicted molar refractivity (Wildman–Crippen MR) is 81.8 cm³/mol. The van der Waals surface area contributed by atoms with Gasteiger partial charge in [-0.15, -0.1) is 12.4 Å². The van der Waals surface area contributed by atoms with E-state index in [9.17, 15) is 4.79 Å². The van der Waals surface area contributed by atoms with Crippen molar-refractivity contribution in [2.75, 3.05) is 18.6 Å². The molecule has 1 heterocycles. The van der Waals surface area contributed by atoms with Gasteiger partial charge in [-0.2, -0.15) is 11.8 Å². The molecule has 2 fully saturated rings. The Labute approximate surface area is 126 Å². The first kappa shape index (κ1) is 17.1. The minimum absolute atomic E-state index is 0. The van der Waals surface area contributed by atoms with Gasteiger partial charge in [0, 0.05) is 24.0 Å². The molecule has 4 atom stereocenters. The summed E-state index contributed by atoms with van der Waals surface area (Å²) in [6.45, 7) is 5.15. The fourth-order valence-electron chi connectivity index (χ4n) is 3.25. The van der Waals surface area contributed by atoms with Crippen molar-refractivity contribution in [3.63, 3.8) is 0 Å². The summed E-state index contributed by atoms with van der Waals surface area (Å²) in [5, 5.41) is 3.13. The van der Waals surface area contributed by atoms with Crippen molar-refractivity contribution in [3.8, 4) is 0 Å². The second kappa shape index (κ2) is 6.66. The Hall–Kier alpha value is 0.0300. The van der Waals surface area contributed by atoms with Crippen LogP contribution in [-0.4, -0.2) is 42.7 Å². The van der Waals surface area contributed by atoms with Crippen molar-refractivity contribution in [2.24, 2.45) is 17.1 Å². The van der Waals surface area contributed by atoms with Crippen molar-refractivity contribution in [1.29, 1.82) is 0 Å². The SMILES string of the molecule is CSCC[C@H](N)C(=O)NC1C2CCOC2C1(C)C.Cl. The van der Waals surface area contributed by atoms with Crippen LogP contribution < -0.4 is 11.1 Å². The van der Waals surface area contributed by atoms with Crippen LogP contribution in [0.3, 0.4) is 0 Å². The van der Waals surface area contributed by atoms with E-state index in [4.69, 9.17) is 10.5 Å². The zero-order chi connectivity index (χ0) is 13.3. The van der Waals surface area contributed by atoms with Gasteiger partial charge in [0.15, 0.2) is 0 Å². The Kier molecular flexibility index (Phi) is 5.98. The summed E-state index contributed by atoms with van der Waals surface area (Å²) >= 11 is 1.72. The maximum atomic E-state index is 12.0. The number of carbonyl (C=O) groups is 1. The standard InChI is InChI=1S/C13H24N2O2S.ClH/c1-13(2)10(8-4-6-17-11(8)13)15-12(16)9(14)5-7-18-3;/h8-11H,4-7,14H2,1-3H3,(H,15,16);1H/t8?,9-,10?,11?;/m0./s1. The van der Waals surface area contributed by atoms with Crippen LogP contribution in [0.25, 0.3) is 0 Å². The van der Waals surface area contributed by atoms with Crippen molar-refractivity contribution < 1.29 is 9.53 Å². The molecule has 112 valence electrons. The molecule has 0 radical (unpaired) electrons. The number of fused-ring (bicyclic) bond motifs is 1. The summed E-state index contributed by atoms with van der Waals surface area (Å²) in [7, 11) is 0. The van der Waals surface area contributed by atoms with Gasteiger partial charge in [-0.25, -0.2) is 0 Å². The number of carbonyl (C=O) groups excluding carboxylic acids is 1. The van der Waals surface area contributed by atoms with Crippen LogP contribution in [0.1, 0.15) is 26.7 Å². The quantitative estimate of drug-likeness (QED) is 0.806. The molecule has 4 nitrogen and oxygen atoms in total. The summed E-state index contributed by atoms with van der Waals surface area (Å²) in [6, 6.07) is -0.160. The fraction of sp³-hybridized carbons (Fsp3) is 0.923. The number of nitrogens with one attached hydrogen (secondary N) is 1. The highest BCUT2D eigenvalue weighted by atomic mass is 35.5. The Bertz CT molecular complexity index is 328. The van der Waals surface area contributed by atoms with Crippen molar-refractivity contribution in [2.45, 2.75) is 44.9 Å². The normalized spacial score (nSPS) is 32.7. The van der Waals surface area contributed by atoms with Crippen LogP contribution in [-0.2, 0) is 9.53 Å². The minimum Gasteiger partial charge on any atom is -0.377 e. The van der Waals surface area contributed by atoms with Gasteiger partial charge in [0.05, 0.1) is 12.1 Å². The van der Waals surface area contributed by atoms with Gasteiger partial charge < -0.3 is 15.8 Å². The van der Waals surface area contributed by atoms with Crippen molar-refractivity contribution >= 4 is 30.1 Å². The van der Waals surface area contributed by atoms with Gasteiger partial charge in [-0.05, 0) is 24.9 Å². The molecule has 1 amide bonds. The van der Waals surface area contributed by atoms with E-state index in [0.29, 0.717) is 12.0 Å². The van der Waals surface area contributed by atoms with Gasteiger partial charge >= 0.3 is 0 Å². The number of nitrogens with two attached hydrogens (primary N) is 1. The largest absolute Gasteiger partial charge is 0.377 e. The number of thioether (sulfide) groups is 1. The lowest BCUT2D eigenvalue weighted by Gasteiger charge is -2.54. The Balaban J connectivity index is 0.00000180. The second-order valence-electron chi connectivity index (χ2n) is 5.94. The number of hydrogen-bond acceptors (Lipinski definition) is 4. The molecule has 0 aromatic carbocycles. The van der Waals surface area contributed by atoms with Gasteiger partial charge in [-0.1, -0.05) is 13.8 Å². The number of amides is 1. The first-order chi connectivity index (χ1) is 8.48. The van der Waals surface area contributed by atoms with Gasteiger partial charge in [0.1, 0.15) is 0 Å². The van der Waals surface area contributed by atoms with Crippen molar-refractivity contribution in [1.82, 2.24) is 5.32 Å². The second-order valence-corrected chi connectivity index (χ2v) is 6.93. The summed E-state index contributed by atoms with van der Waals surface area (Å²) < 4.78 is 5.72. The molecule has 1 aliphatic carbocycles. The number of rotatable bonds is 5. The molecule has 1 saturated heterocycles. The molecule has 0 aromatic heterocycles. The Morgan fingerprint density at radius 2 is 2.26 bits per heavy atom. The van der Waals surface area contributed by atoms with E-state index in [1.807, 2.05) is 6.26 Å². The molecule has 3 N–H and O–H groups in total. The smallest absolute Gasteiger partial charge is 0.237 e. The topological polar surface area (TPSA) is 64.4 Å². The van der Waals surface area contributed by atoms with Gasteiger partial charge in [0.2, 0.25) is 5.91 Å². The summed E-state index contributed by atoms with van der Waals surface area (Å²) in [5.74, 6) is 1.40. The molecule has 1 aliphatic heterocycles. The third-order valence-electron chi connectivity index (χ3n) is 4.37. The van der Waals surface area contributed by atoms with Crippen LogP contribution in [0.15, 0.2) is 0 Å². The van der Waals surface area contributed by atoms with Crippen LogP contribution in [0, 0.1) is 11.3 Å². The monoisotopic (exact) mass is 308 g/mol. The fourth-order valence-corrected chi connectivity index (χ4v) is 3.74. The molecule has 0 spiro atoms. The van der Waals surface area contributed by atoms with E-state index >= 15 is 0 Å². The van der Waals surface area contributed by atoms with Gasteiger partial charge in [0.25, 0.3) is 0 Å². The molecule has 3 unspecified atom stereocenters. The molecule has 0 aromatic rings. The van der Waals surface area contributed by atoms with E-state index in [2.05, 4.69) is 19.2 Å². The Morgan fingerprint density at radius 1 is 1.58 bits per heavy atom. The van der Waals surface area contributed by atoms with E-state index in [-0.39, 0.29) is 35.8 Å². The maximum absolute atomic E-state index is 12.0. The Morgan fingerprint density at radius 3 is 2.89 bits per heavy atom. The molecule has 1 saturated carbocycles. The van der Waals surface area contributed by atoms with Crippen LogP contribution in [0.5, 0.6) is 0 Å². The number of halogens is 1. The first-order valence-corrected chi connectivity index (χ1v) is 8.04. The molecule has 19 heavy (non-hydrogen) atoms. The average Bonchev–Trinajstić information content (AvgIpc) is 2.79. The third kappa shape index (κ3) is 3.20. The molecule has 6 heteroatoms. The van der Waals surface area contributed by atoms with E-state index < -0.39 is 0 Å². The first-order valence-electron chi connectivity index (χ1n) is 6.65. The molecule has 2 aliphatic rings. The molecular weight excluding hydrogens is 284 g/mol. The summed E-state index contributed by atoms with van der Waals surface area (Å²) in [4.78, 5) is 12.0. The van der Waals surface area contributed by atoms with E-state index in [1.165, 1.54) is 0 Å². The number of hydrogen-bond donors (Lipinski definition) is 2. The average molecular weight is 309 g/mol. The lowest BCUT2D eigenvalue weighted by molar-refractivity contribution is -0.138. The summed E-state index contributed by atoms with van der Waals surface area (Å²) in [6.07, 6.45) is 4.13. The van der Waals surface area contributed by atoms with Crippen LogP contribution in [0.2, 0.25) is 0 Å². The minimum atomic E-state index is -0.380. The molecular formula is C13H25ClN2O2S. The van der Waals surface area contributed by atoms with E-state index in [0.717, 1.165) is 25.2 Å². The molecule has 0 bridgehead atoms. The van der Waals surface area contributed by atoms with E-state index in [1.54, 1.807) is 11.8 Å². The van der Waals surface area contributed by atoms with Crippen LogP contribution in [0.4, 0.5) is 0 Å². The maximum Gasteiger partial charge on any atom is 0.237 e.